The van der Waals surface area contributed by atoms with E-state index in [2.05, 4.69) is 22.5 Å². The van der Waals surface area contributed by atoms with Crippen molar-refractivity contribution in [2.45, 2.75) is 40.2 Å². The number of aryl methyl sites for hydroxylation is 2. The van der Waals surface area contributed by atoms with Gasteiger partial charge < -0.3 is 9.73 Å². The van der Waals surface area contributed by atoms with Gasteiger partial charge in [-0.2, -0.15) is 0 Å². The molecule has 0 spiro atoms. The van der Waals surface area contributed by atoms with Crippen molar-refractivity contribution in [1.29, 1.82) is 0 Å². The standard InChI is InChI=1S/C19H21N3O3S2/c1-4-5-13-8-17(27-11(13)2)18(24)22-19-21-15(10-26-19)16-7-6-14(25-16)9-20-12(3)23/h6-8,10H,4-5,9H2,1-3H3,(H,20,23)(H,21,22,24). The summed E-state index contributed by atoms with van der Waals surface area (Å²) in [5.41, 5.74) is 1.88. The molecule has 0 aliphatic heterocycles. The zero-order valence-electron chi connectivity index (χ0n) is 15.4. The third-order valence-electron chi connectivity index (χ3n) is 3.91. The van der Waals surface area contributed by atoms with Crippen molar-refractivity contribution in [3.63, 3.8) is 0 Å². The summed E-state index contributed by atoms with van der Waals surface area (Å²) < 4.78 is 5.69. The lowest BCUT2D eigenvalue weighted by Gasteiger charge is -1.98. The van der Waals surface area contributed by atoms with Gasteiger partial charge in [-0.3, -0.25) is 14.9 Å². The van der Waals surface area contributed by atoms with Crippen molar-refractivity contribution in [3.05, 3.63) is 44.7 Å². The van der Waals surface area contributed by atoms with Crippen LogP contribution >= 0.6 is 22.7 Å². The lowest BCUT2D eigenvalue weighted by Crippen LogP contribution is -2.18. The maximum absolute atomic E-state index is 12.5. The Balaban J connectivity index is 1.66. The molecule has 0 atom stereocenters. The van der Waals surface area contributed by atoms with Crippen LogP contribution in [0.3, 0.4) is 0 Å². The number of thiophene rings is 1. The van der Waals surface area contributed by atoms with Gasteiger partial charge >= 0.3 is 0 Å². The first-order valence-corrected chi connectivity index (χ1v) is 10.4. The first kappa shape index (κ1) is 19.3. The second kappa shape index (κ2) is 8.49. The largest absolute Gasteiger partial charge is 0.458 e. The first-order chi connectivity index (χ1) is 13.0. The average Bonchev–Trinajstić information content (AvgIpc) is 3.34. The number of nitrogens with zero attached hydrogens (tertiary/aromatic N) is 1. The number of hydrogen-bond donors (Lipinski definition) is 2. The van der Waals surface area contributed by atoms with Crippen molar-refractivity contribution >= 4 is 39.6 Å². The lowest BCUT2D eigenvalue weighted by molar-refractivity contribution is -0.119. The van der Waals surface area contributed by atoms with E-state index in [1.165, 1.54) is 40.0 Å². The predicted octanol–water partition coefficient (Wildman–Crippen LogP) is 4.61. The van der Waals surface area contributed by atoms with Crippen LogP contribution in [0.15, 0.2) is 28.0 Å². The molecule has 3 aromatic rings. The van der Waals surface area contributed by atoms with E-state index in [4.69, 9.17) is 4.42 Å². The molecule has 2 amide bonds. The van der Waals surface area contributed by atoms with Crippen molar-refractivity contribution in [3.8, 4) is 11.5 Å². The van der Waals surface area contributed by atoms with Crippen LogP contribution in [-0.2, 0) is 17.8 Å². The summed E-state index contributed by atoms with van der Waals surface area (Å²) in [5, 5.41) is 7.90. The van der Waals surface area contributed by atoms with Gasteiger partial charge in [-0.1, -0.05) is 13.3 Å². The van der Waals surface area contributed by atoms with Crippen LogP contribution in [-0.4, -0.2) is 16.8 Å². The van der Waals surface area contributed by atoms with E-state index in [0.717, 1.165) is 12.8 Å². The minimum atomic E-state index is -0.142. The van der Waals surface area contributed by atoms with Crippen LogP contribution in [0.1, 0.15) is 46.1 Å². The fourth-order valence-electron chi connectivity index (χ4n) is 2.57. The summed E-state index contributed by atoms with van der Waals surface area (Å²) in [6, 6.07) is 5.57. The molecule has 0 aromatic carbocycles. The van der Waals surface area contributed by atoms with Crippen LogP contribution in [0.4, 0.5) is 5.13 Å². The highest BCUT2D eigenvalue weighted by atomic mass is 32.1. The minimum Gasteiger partial charge on any atom is -0.458 e. The van der Waals surface area contributed by atoms with Gasteiger partial charge in [0.2, 0.25) is 5.91 Å². The van der Waals surface area contributed by atoms with Gasteiger partial charge in [0.05, 0.1) is 11.4 Å². The zero-order valence-corrected chi connectivity index (χ0v) is 17.1. The van der Waals surface area contributed by atoms with Crippen molar-refractivity contribution < 1.29 is 14.0 Å². The second-order valence-electron chi connectivity index (χ2n) is 6.11. The van der Waals surface area contributed by atoms with Crippen molar-refractivity contribution in [2.24, 2.45) is 0 Å². The maximum Gasteiger partial charge on any atom is 0.267 e. The Morgan fingerprint density at radius 2 is 2.11 bits per heavy atom. The molecule has 0 radical (unpaired) electrons. The van der Waals surface area contributed by atoms with E-state index in [9.17, 15) is 9.59 Å². The highest BCUT2D eigenvalue weighted by molar-refractivity contribution is 7.15. The molecule has 3 rings (SSSR count). The van der Waals surface area contributed by atoms with Crippen LogP contribution in [0.5, 0.6) is 0 Å². The van der Waals surface area contributed by atoms with Crippen LogP contribution in [0, 0.1) is 6.92 Å². The summed E-state index contributed by atoms with van der Waals surface area (Å²) in [4.78, 5) is 29.8. The Labute approximate surface area is 165 Å². The second-order valence-corrected chi connectivity index (χ2v) is 8.22. The number of anilines is 1. The number of rotatable bonds is 7. The molecular formula is C19H21N3O3S2. The van der Waals surface area contributed by atoms with Crippen LogP contribution in [0.25, 0.3) is 11.5 Å². The third kappa shape index (κ3) is 4.84. The number of aromatic nitrogens is 1. The molecule has 3 heterocycles. The van der Waals surface area contributed by atoms with Gasteiger partial charge in [0.25, 0.3) is 5.91 Å². The number of nitrogens with one attached hydrogen (secondary N) is 2. The van der Waals surface area contributed by atoms with E-state index >= 15 is 0 Å². The van der Waals surface area contributed by atoms with E-state index in [0.29, 0.717) is 33.8 Å². The Bertz CT molecular complexity index is 955. The molecule has 6 nitrogen and oxygen atoms in total. The Hall–Kier alpha value is -2.45. The van der Waals surface area contributed by atoms with Gasteiger partial charge in [-0.15, -0.1) is 22.7 Å². The van der Waals surface area contributed by atoms with Crippen LogP contribution in [0.2, 0.25) is 0 Å². The van der Waals surface area contributed by atoms with Gasteiger partial charge in [0, 0.05) is 17.2 Å². The molecule has 27 heavy (non-hydrogen) atoms. The van der Waals surface area contributed by atoms with Gasteiger partial charge in [-0.25, -0.2) is 4.98 Å². The molecule has 0 unspecified atom stereocenters. The topological polar surface area (TPSA) is 84.2 Å². The quantitative estimate of drug-likeness (QED) is 0.603. The number of amides is 2. The molecule has 2 N–H and O–H groups in total. The number of carbonyl (C=O) groups excluding carboxylic acids is 2. The van der Waals surface area contributed by atoms with Gasteiger partial charge in [0.1, 0.15) is 11.5 Å². The normalized spacial score (nSPS) is 10.8. The molecule has 0 bridgehead atoms. The Morgan fingerprint density at radius 1 is 1.30 bits per heavy atom. The molecule has 0 saturated carbocycles. The molecule has 8 heteroatoms. The number of thiazole rings is 1. The van der Waals surface area contributed by atoms with E-state index in [1.54, 1.807) is 12.1 Å². The Morgan fingerprint density at radius 3 is 2.85 bits per heavy atom. The molecule has 0 saturated heterocycles. The average molecular weight is 404 g/mol. The van der Waals surface area contributed by atoms with E-state index in [1.807, 2.05) is 18.4 Å². The summed E-state index contributed by atoms with van der Waals surface area (Å²) in [6.45, 7) is 5.97. The minimum absolute atomic E-state index is 0.113. The van der Waals surface area contributed by atoms with Gasteiger partial charge in [0.15, 0.2) is 10.9 Å². The summed E-state index contributed by atoms with van der Waals surface area (Å²) in [5.74, 6) is 0.996. The number of carbonyl (C=O) groups is 2. The number of furan rings is 1. The fourth-order valence-corrected chi connectivity index (χ4v) is 4.24. The lowest BCUT2D eigenvalue weighted by atomic mass is 10.1. The summed E-state index contributed by atoms with van der Waals surface area (Å²) >= 11 is 2.86. The predicted molar refractivity (Wildman–Crippen MR) is 108 cm³/mol. The molecule has 142 valence electrons. The summed E-state index contributed by atoms with van der Waals surface area (Å²) in [6.07, 6.45) is 2.04. The zero-order chi connectivity index (χ0) is 19.4. The molecule has 0 aliphatic rings. The molecule has 0 fully saturated rings. The SMILES string of the molecule is CCCc1cc(C(=O)Nc2nc(-c3ccc(CNC(C)=O)o3)cs2)sc1C. The number of hydrogen-bond acceptors (Lipinski definition) is 6. The molecular weight excluding hydrogens is 382 g/mol. The summed E-state index contributed by atoms with van der Waals surface area (Å²) in [7, 11) is 0. The smallest absolute Gasteiger partial charge is 0.267 e. The fraction of sp³-hybridized carbons (Fsp3) is 0.316. The van der Waals surface area contributed by atoms with Crippen LogP contribution < -0.4 is 10.6 Å². The first-order valence-electron chi connectivity index (χ1n) is 8.66. The monoisotopic (exact) mass is 403 g/mol. The Kier molecular flexibility index (Phi) is 6.08. The highest BCUT2D eigenvalue weighted by Gasteiger charge is 2.15. The van der Waals surface area contributed by atoms with Crippen molar-refractivity contribution in [2.75, 3.05) is 5.32 Å². The van der Waals surface area contributed by atoms with E-state index < -0.39 is 0 Å². The molecule has 0 aliphatic carbocycles. The third-order valence-corrected chi connectivity index (χ3v) is 5.76. The van der Waals surface area contributed by atoms with Crippen molar-refractivity contribution in [1.82, 2.24) is 10.3 Å². The maximum atomic E-state index is 12.5. The highest BCUT2D eigenvalue weighted by Crippen LogP contribution is 2.28. The van der Waals surface area contributed by atoms with Gasteiger partial charge in [-0.05, 0) is 37.1 Å². The van der Waals surface area contributed by atoms with E-state index in [-0.39, 0.29) is 11.8 Å². The molecule has 3 aromatic heterocycles.